The Kier molecular flexibility index (Phi) is 3.91. The number of para-hydroxylation sites is 1. The standard InChI is InChI=1S/C18H19NO2/c1-2-14-5-3-4-6-16(14)19-18(20)12-13-7-8-17-15(11-13)9-10-21-17/h3-8,11H,2,9-10,12H2,1H3,(H,19,20). The van der Waals surface area contributed by atoms with Gasteiger partial charge in [0.1, 0.15) is 5.75 Å². The van der Waals surface area contributed by atoms with Gasteiger partial charge in [0.15, 0.2) is 0 Å². The molecule has 0 unspecified atom stereocenters. The molecule has 1 amide bonds. The van der Waals surface area contributed by atoms with E-state index in [1.54, 1.807) is 0 Å². The highest BCUT2D eigenvalue weighted by Crippen LogP contribution is 2.26. The molecule has 1 N–H and O–H groups in total. The second-order valence-electron chi connectivity index (χ2n) is 5.28. The number of rotatable bonds is 4. The Labute approximate surface area is 124 Å². The summed E-state index contributed by atoms with van der Waals surface area (Å²) in [6.07, 6.45) is 2.24. The summed E-state index contributed by atoms with van der Waals surface area (Å²) in [5, 5.41) is 3.01. The number of aryl methyl sites for hydroxylation is 1. The molecule has 108 valence electrons. The summed E-state index contributed by atoms with van der Waals surface area (Å²) >= 11 is 0. The molecule has 1 heterocycles. The summed E-state index contributed by atoms with van der Waals surface area (Å²) in [6, 6.07) is 13.9. The van der Waals surface area contributed by atoms with E-state index in [9.17, 15) is 4.79 Å². The number of anilines is 1. The molecule has 2 aromatic carbocycles. The van der Waals surface area contributed by atoms with Crippen LogP contribution in [0.1, 0.15) is 23.6 Å². The van der Waals surface area contributed by atoms with Gasteiger partial charge in [0.25, 0.3) is 0 Å². The molecular formula is C18H19NO2. The largest absolute Gasteiger partial charge is 0.493 e. The fourth-order valence-corrected chi connectivity index (χ4v) is 2.68. The van der Waals surface area contributed by atoms with E-state index in [1.165, 1.54) is 5.56 Å². The second-order valence-corrected chi connectivity index (χ2v) is 5.28. The smallest absolute Gasteiger partial charge is 0.228 e. The number of ether oxygens (including phenoxy) is 1. The monoisotopic (exact) mass is 281 g/mol. The Hall–Kier alpha value is -2.29. The van der Waals surface area contributed by atoms with E-state index in [4.69, 9.17) is 4.74 Å². The number of nitrogens with one attached hydrogen (secondary N) is 1. The lowest BCUT2D eigenvalue weighted by Crippen LogP contribution is -2.15. The van der Waals surface area contributed by atoms with Gasteiger partial charge in [-0.2, -0.15) is 0 Å². The molecule has 21 heavy (non-hydrogen) atoms. The molecule has 3 heteroatoms. The minimum Gasteiger partial charge on any atom is -0.493 e. The zero-order valence-corrected chi connectivity index (χ0v) is 12.2. The molecule has 0 bridgehead atoms. The van der Waals surface area contributed by atoms with E-state index >= 15 is 0 Å². The number of hydrogen-bond donors (Lipinski definition) is 1. The molecular weight excluding hydrogens is 262 g/mol. The van der Waals surface area contributed by atoms with E-state index in [0.717, 1.165) is 42.0 Å². The van der Waals surface area contributed by atoms with Gasteiger partial charge >= 0.3 is 0 Å². The van der Waals surface area contributed by atoms with Crippen LogP contribution in [0.4, 0.5) is 5.69 Å². The Morgan fingerprint density at radius 2 is 2.10 bits per heavy atom. The molecule has 0 aliphatic carbocycles. The highest BCUT2D eigenvalue weighted by atomic mass is 16.5. The predicted molar refractivity (Wildman–Crippen MR) is 83.8 cm³/mol. The van der Waals surface area contributed by atoms with Crippen LogP contribution in [0.15, 0.2) is 42.5 Å². The van der Waals surface area contributed by atoms with Crippen LogP contribution in [0, 0.1) is 0 Å². The number of hydrogen-bond acceptors (Lipinski definition) is 2. The van der Waals surface area contributed by atoms with Gasteiger partial charge in [0, 0.05) is 12.1 Å². The van der Waals surface area contributed by atoms with Gasteiger partial charge in [0.2, 0.25) is 5.91 Å². The predicted octanol–water partition coefficient (Wildman–Crippen LogP) is 3.37. The van der Waals surface area contributed by atoms with Crippen molar-refractivity contribution in [3.05, 3.63) is 59.2 Å². The minimum atomic E-state index is 0.0229. The summed E-state index contributed by atoms with van der Waals surface area (Å²) in [5.41, 5.74) is 4.31. The van der Waals surface area contributed by atoms with Gasteiger partial charge in [-0.05, 0) is 35.2 Å². The topological polar surface area (TPSA) is 38.3 Å². The minimum absolute atomic E-state index is 0.0229. The Morgan fingerprint density at radius 3 is 2.95 bits per heavy atom. The Morgan fingerprint density at radius 1 is 1.24 bits per heavy atom. The normalized spacial score (nSPS) is 12.6. The highest BCUT2D eigenvalue weighted by Gasteiger charge is 2.13. The first-order chi connectivity index (χ1) is 10.3. The van der Waals surface area contributed by atoms with Crippen molar-refractivity contribution in [2.75, 3.05) is 11.9 Å². The molecule has 1 aliphatic heterocycles. The number of fused-ring (bicyclic) bond motifs is 1. The average Bonchev–Trinajstić information content (AvgIpc) is 2.95. The third-order valence-electron chi connectivity index (χ3n) is 3.79. The summed E-state index contributed by atoms with van der Waals surface area (Å²) in [6.45, 7) is 2.83. The number of benzene rings is 2. The average molecular weight is 281 g/mol. The van der Waals surface area contributed by atoms with Gasteiger partial charge in [-0.15, -0.1) is 0 Å². The SMILES string of the molecule is CCc1ccccc1NC(=O)Cc1ccc2c(c1)CCO2. The first kappa shape index (κ1) is 13.7. The molecule has 0 saturated heterocycles. The lowest BCUT2D eigenvalue weighted by atomic mass is 10.1. The van der Waals surface area contributed by atoms with Crippen molar-refractivity contribution in [3.63, 3.8) is 0 Å². The van der Waals surface area contributed by atoms with Gasteiger partial charge in [0.05, 0.1) is 13.0 Å². The van der Waals surface area contributed by atoms with E-state index in [0.29, 0.717) is 6.42 Å². The molecule has 0 spiro atoms. The van der Waals surface area contributed by atoms with Crippen molar-refractivity contribution in [2.24, 2.45) is 0 Å². The van der Waals surface area contributed by atoms with Crippen molar-refractivity contribution in [2.45, 2.75) is 26.2 Å². The van der Waals surface area contributed by atoms with Crippen LogP contribution in [-0.2, 0) is 24.1 Å². The van der Waals surface area contributed by atoms with E-state index < -0.39 is 0 Å². The lowest BCUT2D eigenvalue weighted by Gasteiger charge is -2.10. The first-order valence-electron chi connectivity index (χ1n) is 7.38. The quantitative estimate of drug-likeness (QED) is 0.933. The van der Waals surface area contributed by atoms with Crippen LogP contribution in [0.25, 0.3) is 0 Å². The van der Waals surface area contributed by atoms with Gasteiger partial charge in [-0.3, -0.25) is 4.79 Å². The van der Waals surface area contributed by atoms with E-state index in [2.05, 4.69) is 18.3 Å². The molecule has 0 radical (unpaired) electrons. The summed E-state index contributed by atoms with van der Waals surface area (Å²) in [7, 11) is 0. The molecule has 0 aromatic heterocycles. The van der Waals surface area contributed by atoms with E-state index in [1.807, 2.05) is 36.4 Å². The van der Waals surface area contributed by atoms with Crippen molar-refractivity contribution in [1.29, 1.82) is 0 Å². The first-order valence-corrected chi connectivity index (χ1v) is 7.38. The molecule has 0 fully saturated rings. The van der Waals surface area contributed by atoms with Crippen LogP contribution < -0.4 is 10.1 Å². The van der Waals surface area contributed by atoms with Crippen molar-refractivity contribution < 1.29 is 9.53 Å². The number of carbonyl (C=O) groups is 1. The summed E-state index contributed by atoms with van der Waals surface area (Å²) in [4.78, 5) is 12.2. The van der Waals surface area contributed by atoms with Gasteiger partial charge in [-0.1, -0.05) is 37.3 Å². The molecule has 3 nitrogen and oxygen atoms in total. The van der Waals surface area contributed by atoms with Crippen LogP contribution in [-0.4, -0.2) is 12.5 Å². The van der Waals surface area contributed by atoms with Crippen LogP contribution >= 0.6 is 0 Å². The fraction of sp³-hybridized carbons (Fsp3) is 0.278. The maximum absolute atomic E-state index is 12.2. The lowest BCUT2D eigenvalue weighted by molar-refractivity contribution is -0.115. The van der Waals surface area contributed by atoms with Crippen LogP contribution in [0.3, 0.4) is 0 Å². The molecule has 0 saturated carbocycles. The molecule has 2 aromatic rings. The third kappa shape index (κ3) is 3.07. The zero-order valence-electron chi connectivity index (χ0n) is 12.2. The Balaban J connectivity index is 1.69. The Bertz CT molecular complexity index is 664. The van der Waals surface area contributed by atoms with Crippen molar-refractivity contribution >= 4 is 11.6 Å². The summed E-state index contributed by atoms with van der Waals surface area (Å²) < 4.78 is 5.48. The molecule has 0 atom stereocenters. The van der Waals surface area contributed by atoms with Crippen LogP contribution in [0.2, 0.25) is 0 Å². The van der Waals surface area contributed by atoms with Crippen molar-refractivity contribution in [3.8, 4) is 5.75 Å². The number of amides is 1. The maximum Gasteiger partial charge on any atom is 0.228 e. The second kappa shape index (κ2) is 6.00. The van der Waals surface area contributed by atoms with Crippen LogP contribution in [0.5, 0.6) is 5.75 Å². The van der Waals surface area contributed by atoms with Crippen molar-refractivity contribution in [1.82, 2.24) is 0 Å². The number of carbonyl (C=O) groups excluding carboxylic acids is 1. The highest BCUT2D eigenvalue weighted by molar-refractivity contribution is 5.93. The van der Waals surface area contributed by atoms with E-state index in [-0.39, 0.29) is 5.91 Å². The zero-order chi connectivity index (χ0) is 14.7. The van der Waals surface area contributed by atoms with Gasteiger partial charge < -0.3 is 10.1 Å². The molecule has 1 aliphatic rings. The summed E-state index contributed by atoms with van der Waals surface area (Å²) in [5.74, 6) is 0.977. The maximum atomic E-state index is 12.2. The molecule has 3 rings (SSSR count). The van der Waals surface area contributed by atoms with Gasteiger partial charge in [-0.25, -0.2) is 0 Å². The third-order valence-corrected chi connectivity index (χ3v) is 3.79. The fourth-order valence-electron chi connectivity index (χ4n) is 2.68.